The van der Waals surface area contributed by atoms with Crippen LogP contribution in [0, 0.1) is 10.5 Å². The van der Waals surface area contributed by atoms with Crippen LogP contribution in [-0.2, 0) is 0 Å². The van der Waals surface area contributed by atoms with E-state index in [0.717, 1.165) is 0 Å². The molecule has 2 aromatic rings. The number of halogens is 1. The van der Waals surface area contributed by atoms with Gasteiger partial charge in [0.25, 0.3) is 0 Å². The number of nitrogens with one attached hydrogen (secondary N) is 1. The van der Waals surface area contributed by atoms with Crippen molar-refractivity contribution in [2.75, 3.05) is 7.11 Å². The Morgan fingerprint density at radius 2 is 2.25 bits per heavy atom. The Morgan fingerprint density at radius 1 is 1.44 bits per heavy atom. The Morgan fingerprint density at radius 3 is 2.94 bits per heavy atom. The Bertz CT molecular complexity index is 568. The normalized spacial score (nSPS) is 10.1. The molecule has 1 N–H and O–H groups in total. The van der Waals surface area contributed by atoms with Crippen molar-refractivity contribution in [2.24, 2.45) is 0 Å². The second kappa shape index (κ2) is 4.40. The van der Waals surface area contributed by atoms with E-state index in [2.05, 4.69) is 9.97 Å². The molecule has 0 spiro atoms. The van der Waals surface area contributed by atoms with E-state index < -0.39 is 5.82 Å². The number of hydrogen-bond acceptors (Lipinski definition) is 3. The smallest absolute Gasteiger partial charge is 0.174 e. The quantitative estimate of drug-likeness (QED) is 0.815. The molecule has 0 amide bonds. The highest BCUT2D eigenvalue weighted by atomic mass is 32.1. The topological polar surface area (TPSA) is 37.9 Å². The minimum atomic E-state index is -0.455. The number of ether oxygens (including phenoxy) is 1. The molecule has 0 radical (unpaired) electrons. The Labute approximate surface area is 96.9 Å². The molecule has 0 fully saturated rings. The van der Waals surface area contributed by atoms with Crippen molar-refractivity contribution < 1.29 is 9.13 Å². The average Bonchev–Trinajstić information content (AvgIpc) is 2.31. The molecule has 16 heavy (non-hydrogen) atoms. The summed E-state index contributed by atoms with van der Waals surface area (Å²) in [5, 5.41) is 0. The molecule has 5 heteroatoms. The molecule has 1 aromatic heterocycles. The summed E-state index contributed by atoms with van der Waals surface area (Å²) in [4.78, 5) is 6.86. The number of methoxy groups -OCH3 is 1. The van der Waals surface area contributed by atoms with Gasteiger partial charge in [0, 0.05) is 18.0 Å². The first-order chi connectivity index (χ1) is 7.74. The maximum Gasteiger partial charge on any atom is 0.174 e. The van der Waals surface area contributed by atoms with Crippen LogP contribution in [0.25, 0.3) is 11.3 Å². The van der Waals surface area contributed by atoms with Crippen LogP contribution in [-0.4, -0.2) is 17.1 Å². The van der Waals surface area contributed by atoms with Gasteiger partial charge in [-0.05, 0) is 12.1 Å². The largest absolute Gasteiger partial charge is 0.494 e. The number of hydrogen-bond donors (Lipinski definition) is 1. The standard InChI is InChI=1S/C11H9FN2OS/c1-15-8-4-2-3-7(9(8)12)10-11(16)14-6-5-13-10/h2-6H,1H3,(H,14,16). The van der Waals surface area contributed by atoms with Gasteiger partial charge in [-0.2, -0.15) is 0 Å². The highest BCUT2D eigenvalue weighted by Gasteiger charge is 2.12. The fraction of sp³-hybridized carbons (Fsp3) is 0.0909. The summed E-state index contributed by atoms with van der Waals surface area (Å²) in [6.45, 7) is 0. The van der Waals surface area contributed by atoms with Crippen molar-refractivity contribution in [3.8, 4) is 17.0 Å². The maximum atomic E-state index is 13.9. The van der Waals surface area contributed by atoms with Gasteiger partial charge >= 0.3 is 0 Å². The minimum absolute atomic E-state index is 0.178. The monoisotopic (exact) mass is 236 g/mol. The molecule has 0 saturated heterocycles. The van der Waals surface area contributed by atoms with E-state index in [1.54, 1.807) is 24.4 Å². The van der Waals surface area contributed by atoms with Gasteiger partial charge in [-0.3, -0.25) is 4.98 Å². The van der Waals surface area contributed by atoms with Crippen LogP contribution in [0.3, 0.4) is 0 Å². The maximum absolute atomic E-state index is 13.9. The number of benzene rings is 1. The third kappa shape index (κ3) is 1.81. The lowest BCUT2D eigenvalue weighted by molar-refractivity contribution is 0.387. The van der Waals surface area contributed by atoms with Crippen LogP contribution < -0.4 is 4.74 Å². The Balaban J connectivity index is 2.66. The lowest BCUT2D eigenvalue weighted by Crippen LogP contribution is -1.94. The predicted molar refractivity (Wildman–Crippen MR) is 61.4 cm³/mol. The Kier molecular flexibility index (Phi) is 2.96. The lowest BCUT2D eigenvalue weighted by Gasteiger charge is -2.06. The Hall–Kier alpha value is -1.75. The molecule has 0 aliphatic heterocycles. The minimum Gasteiger partial charge on any atom is -0.494 e. The highest BCUT2D eigenvalue weighted by molar-refractivity contribution is 7.71. The molecule has 0 unspecified atom stereocenters. The molecule has 1 heterocycles. The van der Waals surface area contributed by atoms with Crippen molar-refractivity contribution in [3.63, 3.8) is 0 Å². The van der Waals surface area contributed by atoms with Crippen LogP contribution in [0.5, 0.6) is 5.75 Å². The van der Waals surface area contributed by atoms with Gasteiger partial charge < -0.3 is 9.72 Å². The number of aromatic amines is 1. The fourth-order valence-electron chi connectivity index (χ4n) is 1.39. The SMILES string of the molecule is COc1cccc(-c2ncc[nH]c2=S)c1F. The molecule has 1 aromatic carbocycles. The van der Waals surface area contributed by atoms with Crippen LogP contribution in [0.2, 0.25) is 0 Å². The highest BCUT2D eigenvalue weighted by Crippen LogP contribution is 2.27. The van der Waals surface area contributed by atoms with E-state index >= 15 is 0 Å². The van der Waals surface area contributed by atoms with Crippen molar-refractivity contribution in [2.45, 2.75) is 0 Å². The van der Waals surface area contributed by atoms with Crippen molar-refractivity contribution >= 4 is 12.2 Å². The van der Waals surface area contributed by atoms with Gasteiger partial charge in [-0.1, -0.05) is 18.3 Å². The van der Waals surface area contributed by atoms with Crippen LogP contribution >= 0.6 is 12.2 Å². The van der Waals surface area contributed by atoms with Crippen LogP contribution in [0.4, 0.5) is 4.39 Å². The van der Waals surface area contributed by atoms with Crippen LogP contribution in [0.1, 0.15) is 0 Å². The summed E-state index contributed by atoms with van der Waals surface area (Å²) in [6, 6.07) is 4.86. The van der Waals surface area contributed by atoms with Gasteiger partial charge in [-0.25, -0.2) is 4.39 Å². The van der Waals surface area contributed by atoms with Gasteiger partial charge in [-0.15, -0.1) is 0 Å². The lowest BCUT2D eigenvalue weighted by atomic mass is 10.1. The molecule has 0 atom stereocenters. The molecular formula is C11H9FN2OS. The van der Waals surface area contributed by atoms with Crippen molar-refractivity contribution in [1.82, 2.24) is 9.97 Å². The molecule has 82 valence electrons. The summed E-state index contributed by atoms with van der Waals surface area (Å²) >= 11 is 5.05. The van der Waals surface area contributed by atoms with E-state index in [-0.39, 0.29) is 5.75 Å². The van der Waals surface area contributed by atoms with Crippen molar-refractivity contribution in [3.05, 3.63) is 41.1 Å². The molecule has 0 aliphatic rings. The van der Waals surface area contributed by atoms with Gasteiger partial charge in [0.2, 0.25) is 0 Å². The fourth-order valence-corrected chi connectivity index (χ4v) is 1.63. The predicted octanol–water partition coefficient (Wildman–Crippen LogP) is 2.95. The van der Waals surface area contributed by atoms with E-state index in [9.17, 15) is 4.39 Å². The van der Waals surface area contributed by atoms with Gasteiger partial charge in [0.05, 0.1) is 7.11 Å². The summed E-state index contributed by atoms with van der Waals surface area (Å²) in [5.74, 6) is -0.277. The zero-order chi connectivity index (χ0) is 11.5. The van der Waals surface area contributed by atoms with E-state index in [1.165, 1.54) is 13.3 Å². The first-order valence-electron chi connectivity index (χ1n) is 4.60. The van der Waals surface area contributed by atoms with Gasteiger partial charge in [0.15, 0.2) is 11.6 Å². The molecule has 0 bridgehead atoms. The van der Waals surface area contributed by atoms with Crippen molar-refractivity contribution in [1.29, 1.82) is 0 Å². The summed E-state index contributed by atoms with van der Waals surface area (Å²) in [5.41, 5.74) is 0.745. The van der Waals surface area contributed by atoms with Gasteiger partial charge in [0.1, 0.15) is 10.3 Å². The second-order valence-corrected chi connectivity index (χ2v) is 3.50. The zero-order valence-electron chi connectivity index (χ0n) is 8.53. The number of rotatable bonds is 2. The molecule has 0 saturated carbocycles. The van der Waals surface area contributed by atoms with Crippen LogP contribution in [0.15, 0.2) is 30.6 Å². The number of nitrogens with zero attached hydrogens (tertiary/aromatic N) is 1. The summed E-state index contributed by atoms with van der Waals surface area (Å²) in [7, 11) is 1.42. The second-order valence-electron chi connectivity index (χ2n) is 3.09. The average molecular weight is 236 g/mol. The third-order valence-corrected chi connectivity index (χ3v) is 2.46. The number of aromatic nitrogens is 2. The van der Waals surface area contributed by atoms with E-state index in [0.29, 0.717) is 15.9 Å². The third-order valence-electron chi connectivity index (χ3n) is 2.15. The first kappa shape index (κ1) is 10.8. The number of H-pyrrole nitrogens is 1. The summed E-state index contributed by atoms with van der Waals surface area (Å²) < 4.78 is 19.2. The molecule has 2 rings (SSSR count). The first-order valence-corrected chi connectivity index (χ1v) is 5.01. The van der Waals surface area contributed by atoms with E-state index in [1.807, 2.05) is 0 Å². The summed E-state index contributed by atoms with van der Waals surface area (Å²) in [6.07, 6.45) is 3.13. The molecular weight excluding hydrogens is 227 g/mol. The molecule has 0 aliphatic carbocycles. The van der Waals surface area contributed by atoms with E-state index in [4.69, 9.17) is 17.0 Å². The molecule has 3 nitrogen and oxygen atoms in total. The zero-order valence-corrected chi connectivity index (χ0v) is 9.34.